The van der Waals surface area contributed by atoms with Crippen LogP contribution < -0.4 is 10.6 Å². The zero-order valence-corrected chi connectivity index (χ0v) is 13.4. The fourth-order valence-electron chi connectivity index (χ4n) is 2.04. The van der Waals surface area contributed by atoms with E-state index in [1.54, 1.807) is 0 Å². The van der Waals surface area contributed by atoms with Crippen molar-refractivity contribution >= 4 is 28.9 Å². The average molecular weight is 319 g/mol. The Morgan fingerprint density at radius 2 is 1.48 bits per heavy atom. The normalized spacial score (nSPS) is 10.1. The highest BCUT2D eigenvalue weighted by atomic mass is 35.5. The van der Waals surface area contributed by atoms with Crippen LogP contribution in [-0.2, 0) is 12.8 Å². The second kappa shape index (κ2) is 8.65. The first-order chi connectivity index (χ1) is 10.2. The van der Waals surface area contributed by atoms with Gasteiger partial charge in [-0.05, 0) is 48.3 Å². The molecular weight excluding hydrogens is 300 g/mol. The van der Waals surface area contributed by atoms with Crippen LogP contribution in [-0.4, -0.2) is 18.2 Å². The highest BCUT2D eigenvalue weighted by Crippen LogP contribution is 2.10. The molecular formula is C17H19ClN2S. The third kappa shape index (κ3) is 6.15. The van der Waals surface area contributed by atoms with Gasteiger partial charge in [-0.1, -0.05) is 54.1 Å². The summed E-state index contributed by atoms with van der Waals surface area (Å²) in [6.45, 7) is 1.64. The molecule has 2 nitrogen and oxygen atoms in total. The SMILES string of the molecule is S=C(NCCc1ccccc1)NCCc1cccc(Cl)c1. The number of hydrogen-bond donors (Lipinski definition) is 2. The third-order valence-corrected chi connectivity index (χ3v) is 3.65. The van der Waals surface area contributed by atoms with Gasteiger partial charge in [0.25, 0.3) is 0 Å². The van der Waals surface area contributed by atoms with E-state index in [1.807, 2.05) is 24.3 Å². The van der Waals surface area contributed by atoms with Crippen LogP contribution >= 0.6 is 23.8 Å². The number of rotatable bonds is 6. The van der Waals surface area contributed by atoms with E-state index in [2.05, 4.69) is 41.0 Å². The summed E-state index contributed by atoms with van der Waals surface area (Å²) in [5.74, 6) is 0. The fraction of sp³-hybridized carbons (Fsp3) is 0.235. The van der Waals surface area contributed by atoms with Gasteiger partial charge >= 0.3 is 0 Å². The molecule has 2 aromatic rings. The van der Waals surface area contributed by atoms with Crippen LogP contribution in [0, 0.1) is 0 Å². The maximum Gasteiger partial charge on any atom is 0.166 e. The molecule has 2 aromatic carbocycles. The molecule has 0 aromatic heterocycles. The molecule has 0 radical (unpaired) electrons. The highest BCUT2D eigenvalue weighted by molar-refractivity contribution is 7.80. The number of benzene rings is 2. The van der Waals surface area contributed by atoms with Crippen molar-refractivity contribution in [1.82, 2.24) is 10.6 Å². The smallest absolute Gasteiger partial charge is 0.166 e. The molecule has 0 atom stereocenters. The van der Waals surface area contributed by atoms with E-state index in [0.29, 0.717) is 5.11 Å². The van der Waals surface area contributed by atoms with Gasteiger partial charge in [-0.25, -0.2) is 0 Å². The van der Waals surface area contributed by atoms with Crippen molar-refractivity contribution in [3.8, 4) is 0 Å². The Kier molecular flexibility index (Phi) is 6.51. The molecule has 0 heterocycles. The van der Waals surface area contributed by atoms with Crippen molar-refractivity contribution in [2.75, 3.05) is 13.1 Å². The van der Waals surface area contributed by atoms with E-state index in [9.17, 15) is 0 Å². The summed E-state index contributed by atoms with van der Waals surface area (Å²) in [4.78, 5) is 0. The van der Waals surface area contributed by atoms with Crippen LogP contribution in [0.1, 0.15) is 11.1 Å². The summed E-state index contributed by atoms with van der Waals surface area (Å²) in [5, 5.41) is 7.91. The molecule has 0 aliphatic rings. The maximum atomic E-state index is 5.95. The first kappa shape index (κ1) is 15.8. The quantitative estimate of drug-likeness (QED) is 0.796. The molecule has 110 valence electrons. The summed E-state index contributed by atoms with van der Waals surface area (Å²) in [6.07, 6.45) is 1.87. The van der Waals surface area contributed by atoms with Gasteiger partial charge in [0.05, 0.1) is 0 Å². The van der Waals surface area contributed by atoms with Crippen molar-refractivity contribution in [3.05, 3.63) is 70.7 Å². The van der Waals surface area contributed by atoms with Crippen LogP contribution in [0.25, 0.3) is 0 Å². The average Bonchev–Trinajstić information content (AvgIpc) is 2.48. The van der Waals surface area contributed by atoms with Crippen molar-refractivity contribution in [3.63, 3.8) is 0 Å². The number of nitrogens with one attached hydrogen (secondary N) is 2. The van der Waals surface area contributed by atoms with Crippen molar-refractivity contribution in [2.45, 2.75) is 12.8 Å². The van der Waals surface area contributed by atoms with Crippen molar-refractivity contribution in [1.29, 1.82) is 0 Å². The van der Waals surface area contributed by atoms with Crippen molar-refractivity contribution in [2.24, 2.45) is 0 Å². The van der Waals surface area contributed by atoms with E-state index in [0.717, 1.165) is 31.0 Å². The second-order valence-electron chi connectivity index (χ2n) is 4.80. The molecule has 0 spiro atoms. The minimum atomic E-state index is 0.702. The topological polar surface area (TPSA) is 24.1 Å². The predicted octanol–water partition coefficient (Wildman–Crippen LogP) is 3.59. The van der Waals surface area contributed by atoms with Gasteiger partial charge in [-0.3, -0.25) is 0 Å². The largest absolute Gasteiger partial charge is 0.362 e. The first-order valence-electron chi connectivity index (χ1n) is 7.04. The Morgan fingerprint density at radius 3 is 2.14 bits per heavy atom. The lowest BCUT2D eigenvalue weighted by Crippen LogP contribution is -2.37. The van der Waals surface area contributed by atoms with Gasteiger partial charge in [-0.15, -0.1) is 0 Å². The summed E-state index contributed by atoms with van der Waals surface area (Å²) >= 11 is 11.2. The molecule has 0 aliphatic heterocycles. The van der Waals surface area contributed by atoms with Crippen LogP contribution in [0.5, 0.6) is 0 Å². The summed E-state index contributed by atoms with van der Waals surface area (Å²) in [7, 11) is 0. The standard InChI is InChI=1S/C17H19ClN2S/c18-16-8-4-7-15(13-16)10-12-20-17(21)19-11-9-14-5-2-1-3-6-14/h1-8,13H,9-12H2,(H2,19,20,21). The maximum absolute atomic E-state index is 5.95. The minimum absolute atomic E-state index is 0.702. The molecule has 4 heteroatoms. The van der Waals surface area contributed by atoms with Crippen molar-refractivity contribution < 1.29 is 0 Å². The fourth-order valence-corrected chi connectivity index (χ4v) is 2.46. The van der Waals surface area contributed by atoms with Crippen LogP contribution in [0.3, 0.4) is 0 Å². The number of thiocarbonyl (C=S) groups is 1. The monoisotopic (exact) mass is 318 g/mol. The van der Waals surface area contributed by atoms with Crippen LogP contribution in [0.2, 0.25) is 5.02 Å². The lowest BCUT2D eigenvalue weighted by Gasteiger charge is -2.10. The Hall–Kier alpha value is -1.58. The molecule has 0 saturated heterocycles. The summed E-state index contributed by atoms with van der Waals surface area (Å²) in [6, 6.07) is 18.3. The zero-order chi connectivity index (χ0) is 14.9. The molecule has 0 bridgehead atoms. The Bertz CT molecular complexity index is 572. The number of halogens is 1. The Morgan fingerprint density at radius 1 is 0.857 bits per heavy atom. The molecule has 0 aliphatic carbocycles. The highest BCUT2D eigenvalue weighted by Gasteiger charge is 1.98. The van der Waals surface area contributed by atoms with E-state index in [4.69, 9.17) is 23.8 Å². The minimum Gasteiger partial charge on any atom is -0.362 e. The van der Waals surface area contributed by atoms with Gasteiger partial charge in [0.2, 0.25) is 0 Å². The van der Waals surface area contributed by atoms with E-state index < -0.39 is 0 Å². The molecule has 0 amide bonds. The van der Waals surface area contributed by atoms with Crippen LogP contribution in [0.15, 0.2) is 54.6 Å². The van der Waals surface area contributed by atoms with Crippen LogP contribution in [0.4, 0.5) is 0 Å². The third-order valence-electron chi connectivity index (χ3n) is 3.13. The molecule has 0 fully saturated rings. The Labute approximate surface area is 136 Å². The zero-order valence-electron chi connectivity index (χ0n) is 11.8. The molecule has 2 rings (SSSR count). The van der Waals surface area contributed by atoms with Gasteiger partial charge in [0.1, 0.15) is 0 Å². The predicted molar refractivity (Wildman–Crippen MR) is 93.9 cm³/mol. The van der Waals surface area contributed by atoms with Gasteiger partial charge in [0, 0.05) is 18.1 Å². The van der Waals surface area contributed by atoms with E-state index in [1.165, 1.54) is 11.1 Å². The summed E-state index contributed by atoms with van der Waals surface area (Å²) < 4.78 is 0. The van der Waals surface area contributed by atoms with E-state index >= 15 is 0 Å². The second-order valence-corrected chi connectivity index (χ2v) is 5.64. The van der Waals surface area contributed by atoms with Gasteiger partial charge < -0.3 is 10.6 Å². The lowest BCUT2D eigenvalue weighted by molar-refractivity contribution is 0.802. The molecule has 0 unspecified atom stereocenters. The lowest BCUT2D eigenvalue weighted by atomic mass is 10.1. The van der Waals surface area contributed by atoms with E-state index in [-0.39, 0.29) is 0 Å². The summed E-state index contributed by atoms with van der Waals surface area (Å²) in [5.41, 5.74) is 2.52. The first-order valence-corrected chi connectivity index (χ1v) is 7.83. The number of hydrogen-bond acceptors (Lipinski definition) is 1. The Balaban J connectivity index is 1.61. The molecule has 21 heavy (non-hydrogen) atoms. The molecule has 2 N–H and O–H groups in total. The van der Waals surface area contributed by atoms with Gasteiger partial charge in [0.15, 0.2) is 5.11 Å². The van der Waals surface area contributed by atoms with Gasteiger partial charge in [-0.2, -0.15) is 0 Å². The molecule has 0 saturated carbocycles.